The monoisotopic (exact) mass is 295 g/mol. The summed E-state index contributed by atoms with van der Waals surface area (Å²) in [7, 11) is 0. The first-order valence-electron chi connectivity index (χ1n) is 7.02. The van der Waals surface area contributed by atoms with Gasteiger partial charge in [-0.05, 0) is 19.1 Å². The Morgan fingerprint density at radius 3 is 2.55 bits per heavy atom. The molecule has 2 heterocycles. The molecule has 0 saturated carbocycles. The summed E-state index contributed by atoms with van der Waals surface area (Å²) in [5, 5.41) is 0. The van der Waals surface area contributed by atoms with Gasteiger partial charge in [-0.3, -0.25) is 0 Å². The average molecular weight is 295 g/mol. The quantitative estimate of drug-likeness (QED) is 0.753. The zero-order valence-electron chi connectivity index (χ0n) is 12.3. The van der Waals surface area contributed by atoms with E-state index < -0.39 is 0 Å². The van der Waals surface area contributed by atoms with E-state index in [1.807, 2.05) is 18.2 Å². The van der Waals surface area contributed by atoms with Crippen LogP contribution in [-0.2, 0) is 6.54 Å². The van der Waals surface area contributed by atoms with Crippen molar-refractivity contribution < 1.29 is 0 Å². The first-order valence-corrected chi connectivity index (χ1v) is 7.02. The second-order valence-corrected chi connectivity index (χ2v) is 4.85. The highest BCUT2D eigenvalue weighted by molar-refractivity contribution is 5.81. The predicted octanol–water partition coefficient (Wildman–Crippen LogP) is 1.61. The Morgan fingerprint density at radius 1 is 1.05 bits per heavy atom. The molecule has 1 aromatic carbocycles. The topological polar surface area (TPSA) is 107 Å². The van der Waals surface area contributed by atoms with Crippen LogP contribution in [0.5, 0.6) is 0 Å². The maximum absolute atomic E-state index is 5.85. The van der Waals surface area contributed by atoms with Gasteiger partial charge < -0.3 is 16.4 Å². The second-order valence-electron chi connectivity index (χ2n) is 4.85. The van der Waals surface area contributed by atoms with E-state index in [1.165, 1.54) is 0 Å². The summed E-state index contributed by atoms with van der Waals surface area (Å²) in [4.78, 5) is 19.0. The fourth-order valence-corrected chi connectivity index (χ4v) is 2.28. The molecule has 0 aliphatic heterocycles. The Kier molecular flexibility index (Phi) is 3.69. The van der Waals surface area contributed by atoms with Crippen LogP contribution in [-0.4, -0.2) is 26.5 Å². The fourth-order valence-electron chi connectivity index (χ4n) is 2.28. The van der Waals surface area contributed by atoms with Gasteiger partial charge in [-0.25, -0.2) is 9.97 Å². The number of fused-ring (bicyclic) bond motifs is 1. The van der Waals surface area contributed by atoms with Gasteiger partial charge in [0, 0.05) is 12.2 Å². The van der Waals surface area contributed by atoms with Gasteiger partial charge in [0.1, 0.15) is 0 Å². The highest BCUT2D eigenvalue weighted by Gasteiger charge is 2.10. The van der Waals surface area contributed by atoms with Crippen LogP contribution in [0.2, 0.25) is 0 Å². The molecule has 0 spiro atoms. The van der Waals surface area contributed by atoms with Crippen molar-refractivity contribution in [1.29, 1.82) is 0 Å². The lowest BCUT2D eigenvalue weighted by atomic mass is 10.2. The van der Waals surface area contributed by atoms with Gasteiger partial charge in [0.05, 0.1) is 18.4 Å². The molecule has 2 aromatic heterocycles. The number of anilines is 3. The summed E-state index contributed by atoms with van der Waals surface area (Å²) in [5.41, 5.74) is 14.2. The van der Waals surface area contributed by atoms with Crippen LogP contribution in [0.1, 0.15) is 12.6 Å². The standard InChI is InChI=1S/C15H17N7/c1-2-22(11-6-4-3-5-7-11)9-10-8-18-14-12(19-10)13(16)20-15(17)21-14/h3-8H,2,9H2,1H3,(H4,16,17,18,20,21). The average Bonchev–Trinajstić information content (AvgIpc) is 2.53. The Labute approximate surface area is 128 Å². The lowest BCUT2D eigenvalue weighted by Gasteiger charge is -2.22. The molecule has 0 unspecified atom stereocenters. The van der Waals surface area contributed by atoms with E-state index in [2.05, 4.69) is 43.9 Å². The molecule has 4 N–H and O–H groups in total. The summed E-state index contributed by atoms with van der Waals surface area (Å²) in [6, 6.07) is 10.2. The number of nitrogen functional groups attached to an aromatic ring is 2. The van der Waals surface area contributed by atoms with Crippen LogP contribution in [0, 0.1) is 0 Å². The summed E-state index contributed by atoms with van der Waals surface area (Å²) in [6.07, 6.45) is 1.69. The highest BCUT2D eigenvalue weighted by Crippen LogP contribution is 2.18. The van der Waals surface area contributed by atoms with Crippen molar-refractivity contribution in [3.63, 3.8) is 0 Å². The Balaban J connectivity index is 1.93. The number of rotatable bonds is 4. The van der Waals surface area contributed by atoms with Crippen molar-refractivity contribution >= 4 is 28.6 Å². The molecule has 3 rings (SSSR count). The molecule has 22 heavy (non-hydrogen) atoms. The minimum atomic E-state index is 0.103. The second kappa shape index (κ2) is 5.80. The molecule has 0 atom stereocenters. The smallest absolute Gasteiger partial charge is 0.224 e. The van der Waals surface area contributed by atoms with E-state index >= 15 is 0 Å². The van der Waals surface area contributed by atoms with Gasteiger partial charge in [-0.2, -0.15) is 9.97 Å². The fraction of sp³-hybridized carbons (Fsp3) is 0.200. The van der Waals surface area contributed by atoms with Gasteiger partial charge >= 0.3 is 0 Å². The normalized spacial score (nSPS) is 10.8. The number of nitrogens with zero attached hydrogens (tertiary/aromatic N) is 5. The van der Waals surface area contributed by atoms with Gasteiger partial charge in [-0.15, -0.1) is 0 Å². The van der Waals surface area contributed by atoms with E-state index in [4.69, 9.17) is 11.5 Å². The van der Waals surface area contributed by atoms with E-state index in [9.17, 15) is 0 Å². The zero-order chi connectivity index (χ0) is 15.5. The van der Waals surface area contributed by atoms with E-state index in [1.54, 1.807) is 6.20 Å². The number of aromatic nitrogens is 4. The van der Waals surface area contributed by atoms with Gasteiger partial charge in [-0.1, -0.05) is 18.2 Å². The molecule has 0 radical (unpaired) electrons. The number of benzene rings is 1. The van der Waals surface area contributed by atoms with Crippen LogP contribution in [0.3, 0.4) is 0 Å². The predicted molar refractivity (Wildman–Crippen MR) is 87.1 cm³/mol. The number of hydrogen-bond donors (Lipinski definition) is 2. The van der Waals surface area contributed by atoms with Crippen LogP contribution in [0.4, 0.5) is 17.5 Å². The number of nitrogens with two attached hydrogens (primary N) is 2. The first kappa shape index (κ1) is 14.0. The zero-order valence-corrected chi connectivity index (χ0v) is 12.3. The summed E-state index contributed by atoms with van der Waals surface area (Å²) < 4.78 is 0. The molecule has 112 valence electrons. The van der Waals surface area contributed by atoms with Crippen molar-refractivity contribution in [3.05, 3.63) is 42.2 Å². The van der Waals surface area contributed by atoms with Crippen LogP contribution in [0.25, 0.3) is 11.2 Å². The van der Waals surface area contributed by atoms with Crippen LogP contribution < -0.4 is 16.4 Å². The third kappa shape index (κ3) is 2.73. The minimum Gasteiger partial charge on any atom is -0.382 e. The molecule has 0 saturated heterocycles. The first-order chi connectivity index (χ1) is 10.7. The number of hydrogen-bond acceptors (Lipinski definition) is 7. The SMILES string of the molecule is CCN(Cc1cnc2nc(N)nc(N)c2n1)c1ccccc1. The Bertz CT molecular complexity index is 789. The molecule has 0 aliphatic carbocycles. The third-order valence-corrected chi connectivity index (χ3v) is 3.36. The molecule has 7 heteroatoms. The van der Waals surface area contributed by atoms with Gasteiger partial charge in [0.2, 0.25) is 5.95 Å². The summed E-state index contributed by atoms with van der Waals surface area (Å²) >= 11 is 0. The molecule has 0 fully saturated rings. The van der Waals surface area contributed by atoms with E-state index in [0.29, 0.717) is 17.7 Å². The third-order valence-electron chi connectivity index (χ3n) is 3.36. The van der Waals surface area contributed by atoms with E-state index in [-0.39, 0.29) is 11.8 Å². The van der Waals surface area contributed by atoms with Crippen molar-refractivity contribution in [2.24, 2.45) is 0 Å². The molecular weight excluding hydrogens is 278 g/mol. The minimum absolute atomic E-state index is 0.103. The van der Waals surface area contributed by atoms with E-state index in [0.717, 1.165) is 17.9 Å². The lowest BCUT2D eigenvalue weighted by molar-refractivity contribution is 0.808. The van der Waals surface area contributed by atoms with Gasteiger partial charge in [0.25, 0.3) is 0 Å². The molecular formula is C15H17N7. The largest absolute Gasteiger partial charge is 0.382 e. The Morgan fingerprint density at radius 2 is 1.82 bits per heavy atom. The molecule has 0 aliphatic rings. The van der Waals surface area contributed by atoms with Crippen molar-refractivity contribution in [2.45, 2.75) is 13.5 Å². The van der Waals surface area contributed by atoms with Gasteiger partial charge in [0.15, 0.2) is 17.0 Å². The molecule has 0 amide bonds. The summed E-state index contributed by atoms with van der Waals surface area (Å²) in [6.45, 7) is 3.59. The van der Waals surface area contributed by atoms with Crippen molar-refractivity contribution in [3.8, 4) is 0 Å². The molecule has 0 bridgehead atoms. The molecule has 3 aromatic rings. The van der Waals surface area contributed by atoms with Crippen molar-refractivity contribution in [2.75, 3.05) is 22.9 Å². The highest BCUT2D eigenvalue weighted by atomic mass is 15.1. The maximum atomic E-state index is 5.85. The molecule has 7 nitrogen and oxygen atoms in total. The van der Waals surface area contributed by atoms with Crippen LogP contribution >= 0.6 is 0 Å². The maximum Gasteiger partial charge on any atom is 0.224 e. The van der Waals surface area contributed by atoms with Crippen molar-refractivity contribution in [1.82, 2.24) is 19.9 Å². The lowest BCUT2D eigenvalue weighted by Crippen LogP contribution is -2.22. The number of para-hydroxylation sites is 1. The summed E-state index contributed by atoms with van der Waals surface area (Å²) in [5.74, 6) is 0.353. The Hall–Kier alpha value is -2.96. The van der Waals surface area contributed by atoms with Crippen LogP contribution in [0.15, 0.2) is 36.5 Å².